The van der Waals surface area contributed by atoms with Gasteiger partial charge in [0.1, 0.15) is 0 Å². The molecule has 0 heterocycles. The lowest BCUT2D eigenvalue weighted by molar-refractivity contribution is -0.140. The van der Waals surface area contributed by atoms with Crippen molar-refractivity contribution in [1.29, 1.82) is 0 Å². The van der Waals surface area contributed by atoms with E-state index < -0.39 is 23.4 Å². The predicted octanol–water partition coefficient (Wildman–Crippen LogP) is 0.374. The van der Waals surface area contributed by atoms with Gasteiger partial charge in [-0.1, -0.05) is 13.8 Å². The van der Waals surface area contributed by atoms with E-state index in [0.29, 0.717) is 19.3 Å². The summed E-state index contributed by atoms with van der Waals surface area (Å²) in [5.74, 6) is -2.11. The van der Waals surface area contributed by atoms with Gasteiger partial charge in [-0.3, -0.25) is 9.59 Å². The molecule has 16 heavy (non-hydrogen) atoms. The Morgan fingerprint density at radius 2 is 1.88 bits per heavy atom. The van der Waals surface area contributed by atoms with Crippen molar-refractivity contribution < 1.29 is 19.8 Å². The molecular weight excluding hydrogens is 210 g/mol. The molecule has 1 amide bonds. The minimum absolute atomic E-state index is 0.196. The van der Waals surface area contributed by atoms with E-state index in [1.165, 1.54) is 0 Å². The fourth-order valence-electron chi connectivity index (χ4n) is 1.64. The summed E-state index contributed by atoms with van der Waals surface area (Å²) in [6.45, 7) is 3.90. The van der Waals surface area contributed by atoms with Crippen LogP contribution in [-0.2, 0) is 9.59 Å². The molecule has 92 valence electrons. The Hall–Kier alpha value is -1.10. The van der Waals surface area contributed by atoms with Gasteiger partial charge in [-0.15, -0.1) is 0 Å². The number of carbonyl (C=O) groups excluding carboxylic acids is 1. The molecule has 5 heteroatoms. The maximum atomic E-state index is 11.5. The molecule has 1 fully saturated rings. The van der Waals surface area contributed by atoms with Crippen molar-refractivity contribution in [2.24, 2.45) is 11.8 Å². The van der Waals surface area contributed by atoms with Crippen molar-refractivity contribution in [3.8, 4) is 0 Å². The van der Waals surface area contributed by atoms with E-state index in [0.717, 1.165) is 0 Å². The molecule has 0 unspecified atom stereocenters. The van der Waals surface area contributed by atoms with Crippen LogP contribution in [0.1, 0.15) is 33.1 Å². The molecule has 0 radical (unpaired) electrons. The molecular formula is C11H19NO4. The third-order valence-electron chi connectivity index (χ3n) is 3.35. The first-order valence-corrected chi connectivity index (χ1v) is 5.66. The summed E-state index contributed by atoms with van der Waals surface area (Å²) in [5.41, 5.74) is -0.872. The minimum atomic E-state index is -0.915. The number of aliphatic hydroxyl groups is 1. The Kier molecular flexibility index (Phi) is 3.91. The van der Waals surface area contributed by atoms with Crippen LogP contribution >= 0.6 is 0 Å². The number of carbonyl (C=O) groups is 2. The van der Waals surface area contributed by atoms with E-state index in [1.54, 1.807) is 0 Å². The van der Waals surface area contributed by atoms with Crippen LogP contribution in [0.2, 0.25) is 0 Å². The van der Waals surface area contributed by atoms with E-state index in [9.17, 15) is 14.7 Å². The minimum Gasteiger partial charge on any atom is -0.481 e. The van der Waals surface area contributed by atoms with Crippen molar-refractivity contribution in [3.63, 3.8) is 0 Å². The number of amides is 1. The van der Waals surface area contributed by atoms with Gasteiger partial charge in [0.25, 0.3) is 0 Å². The van der Waals surface area contributed by atoms with E-state index in [-0.39, 0.29) is 12.5 Å². The summed E-state index contributed by atoms with van der Waals surface area (Å²) in [4.78, 5) is 22.1. The molecule has 0 aromatic carbocycles. The van der Waals surface area contributed by atoms with Crippen molar-refractivity contribution >= 4 is 11.9 Å². The molecule has 3 N–H and O–H groups in total. The van der Waals surface area contributed by atoms with Crippen molar-refractivity contribution in [1.82, 2.24) is 5.32 Å². The summed E-state index contributed by atoms with van der Waals surface area (Å²) in [6.07, 6.45) is 1.55. The van der Waals surface area contributed by atoms with Crippen molar-refractivity contribution in [2.45, 2.75) is 38.7 Å². The lowest BCUT2D eigenvalue weighted by atomic mass is 9.97. The number of nitrogens with one attached hydrogen (secondary N) is 1. The first kappa shape index (κ1) is 13.0. The van der Waals surface area contributed by atoms with Crippen LogP contribution in [0.25, 0.3) is 0 Å². The SMILES string of the molecule is CCC(O)(CC)CNC(=O)[C@@H]1C[C@@H]1C(=O)O. The summed E-state index contributed by atoms with van der Waals surface area (Å²) >= 11 is 0. The van der Waals surface area contributed by atoms with Gasteiger partial charge in [0.15, 0.2) is 0 Å². The monoisotopic (exact) mass is 229 g/mol. The maximum absolute atomic E-state index is 11.5. The molecule has 0 aromatic rings. The number of hydrogen-bond acceptors (Lipinski definition) is 3. The lowest BCUT2D eigenvalue weighted by Gasteiger charge is -2.25. The highest BCUT2D eigenvalue weighted by Crippen LogP contribution is 2.38. The average Bonchev–Trinajstić information content (AvgIpc) is 3.05. The molecule has 1 aliphatic carbocycles. The normalized spacial score (nSPS) is 23.9. The third-order valence-corrected chi connectivity index (χ3v) is 3.35. The van der Waals surface area contributed by atoms with Crippen LogP contribution in [0.3, 0.4) is 0 Å². The largest absolute Gasteiger partial charge is 0.481 e. The summed E-state index contributed by atoms with van der Waals surface area (Å²) in [7, 11) is 0. The van der Waals surface area contributed by atoms with E-state index in [4.69, 9.17) is 5.11 Å². The fourth-order valence-corrected chi connectivity index (χ4v) is 1.64. The van der Waals surface area contributed by atoms with Crippen LogP contribution in [0.4, 0.5) is 0 Å². The Morgan fingerprint density at radius 1 is 1.31 bits per heavy atom. The van der Waals surface area contributed by atoms with E-state index >= 15 is 0 Å². The van der Waals surface area contributed by atoms with Gasteiger partial charge in [-0.25, -0.2) is 0 Å². The van der Waals surface area contributed by atoms with E-state index in [1.807, 2.05) is 13.8 Å². The number of carboxylic acid groups (broad SMARTS) is 1. The molecule has 1 rings (SSSR count). The third kappa shape index (κ3) is 2.95. The van der Waals surface area contributed by atoms with Gasteiger partial charge in [0, 0.05) is 6.54 Å². The Labute approximate surface area is 94.8 Å². The number of hydrogen-bond donors (Lipinski definition) is 3. The summed E-state index contributed by atoms with van der Waals surface area (Å²) in [6, 6.07) is 0. The molecule has 0 aliphatic heterocycles. The predicted molar refractivity (Wildman–Crippen MR) is 57.8 cm³/mol. The molecule has 0 bridgehead atoms. The Balaban J connectivity index is 2.34. The summed E-state index contributed by atoms with van der Waals surface area (Å²) < 4.78 is 0. The molecule has 5 nitrogen and oxygen atoms in total. The van der Waals surface area contributed by atoms with Gasteiger partial charge in [-0.05, 0) is 19.3 Å². The zero-order valence-corrected chi connectivity index (χ0v) is 9.69. The molecule has 2 atom stereocenters. The standard InChI is InChI=1S/C11H19NO4/c1-3-11(16,4-2)6-12-9(13)7-5-8(7)10(14)15/h7-8,16H,3-6H2,1-2H3,(H,12,13)(H,14,15)/t7-,8+/m1/s1. The van der Waals surface area contributed by atoms with Gasteiger partial charge in [-0.2, -0.15) is 0 Å². The van der Waals surface area contributed by atoms with Crippen LogP contribution in [0.15, 0.2) is 0 Å². The first-order chi connectivity index (χ1) is 7.43. The molecule has 1 saturated carbocycles. The molecule has 0 spiro atoms. The molecule has 0 saturated heterocycles. The topological polar surface area (TPSA) is 86.6 Å². The highest BCUT2D eigenvalue weighted by Gasteiger charge is 2.48. The second-order valence-corrected chi connectivity index (χ2v) is 4.44. The van der Waals surface area contributed by atoms with Gasteiger partial charge in [0.05, 0.1) is 17.4 Å². The first-order valence-electron chi connectivity index (χ1n) is 5.66. The number of aliphatic carboxylic acids is 1. The Morgan fingerprint density at radius 3 is 2.25 bits per heavy atom. The second-order valence-electron chi connectivity index (χ2n) is 4.44. The maximum Gasteiger partial charge on any atom is 0.307 e. The number of carboxylic acids is 1. The van der Waals surface area contributed by atoms with Crippen molar-refractivity contribution in [2.75, 3.05) is 6.54 Å². The Bertz CT molecular complexity index is 286. The van der Waals surface area contributed by atoms with Crippen molar-refractivity contribution in [3.05, 3.63) is 0 Å². The zero-order chi connectivity index (χ0) is 12.3. The van der Waals surface area contributed by atoms with Gasteiger partial charge in [0.2, 0.25) is 5.91 Å². The quantitative estimate of drug-likeness (QED) is 0.614. The van der Waals surface area contributed by atoms with E-state index in [2.05, 4.69) is 5.32 Å². The highest BCUT2D eigenvalue weighted by molar-refractivity contribution is 5.89. The average molecular weight is 229 g/mol. The second kappa shape index (κ2) is 4.82. The fraction of sp³-hybridized carbons (Fsp3) is 0.818. The molecule has 1 aliphatic rings. The zero-order valence-electron chi connectivity index (χ0n) is 9.69. The number of rotatable bonds is 6. The van der Waals surface area contributed by atoms with Crippen LogP contribution < -0.4 is 5.32 Å². The van der Waals surface area contributed by atoms with Crippen LogP contribution in [0, 0.1) is 11.8 Å². The smallest absolute Gasteiger partial charge is 0.307 e. The van der Waals surface area contributed by atoms with Gasteiger partial charge < -0.3 is 15.5 Å². The lowest BCUT2D eigenvalue weighted by Crippen LogP contribution is -2.42. The van der Waals surface area contributed by atoms with Crippen LogP contribution in [-0.4, -0.2) is 34.2 Å². The van der Waals surface area contributed by atoms with Crippen LogP contribution in [0.5, 0.6) is 0 Å². The summed E-state index contributed by atoms with van der Waals surface area (Å²) in [5, 5.41) is 21.2. The highest BCUT2D eigenvalue weighted by atomic mass is 16.4. The van der Waals surface area contributed by atoms with Gasteiger partial charge >= 0.3 is 5.97 Å². The molecule has 0 aromatic heterocycles.